The Morgan fingerprint density at radius 1 is 1.24 bits per heavy atom. The van der Waals surface area contributed by atoms with Crippen LogP contribution in [0.25, 0.3) is 0 Å². The maximum Gasteiger partial charge on any atom is 0.265 e. The van der Waals surface area contributed by atoms with Gasteiger partial charge in [-0.15, -0.1) is 0 Å². The van der Waals surface area contributed by atoms with Crippen LogP contribution in [0.15, 0.2) is 42.5 Å². The van der Waals surface area contributed by atoms with Crippen LogP contribution < -0.4 is 15.0 Å². The van der Waals surface area contributed by atoms with E-state index in [9.17, 15) is 9.59 Å². The Hall–Kier alpha value is -2.53. The van der Waals surface area contributed by atoms with Crippen molar-refractivity contribution < 1.29 is 14.3 Å². The van der Waals surface area contributed by atoms with Crippen LogP contribution in [0.4, 0.5) is 11.4 Å². The number of carbonyl (C=O) groups is 2. The Labute approximate surface area is 151 Å². The van der Waals surface area contributed by atoms with Crippen molar-refractivity contribution in [2.24, 2.45) is 0 Å². The largest absolute Gasteiger partial charge is 0.481 e. The number of nitrogens with zero attached hydrogens (tertiary/aromatic N) is 1. The van der Waals surface area contributed by atoms with E-state index < -0.39 is 6.10 Å². The van der Waals surface area contributed by atoms with Crippen LogP contribution in [0.5, 0.6) is 5.75 Å². The highest BCUT2D eigenvalue weighted by Gasteiger charge is 2.23. The Morgan fingerprint density at radius 3 is 2.76 bits per heavy atom. The molecule has 1 heterocycles. The first-order valence-corrected chi connectivity index (χ1v) is 8.46. The summed E-state index contributed by atoms with van der Waals surface area (Å²) in [4.78, 5) is 25.7. The molecule has 2 amide bonds. The van der Waals surface area contributed by atoms with E-state index in [0.717, 1.165) is 17.7 Å². The van der Waals surface area contributed by atoms with E-state index in [-0.39, 0.29) is 11.8 Å². The van der Waals surface area contributed by atoms with Crippen LogP contribution in [0.1, 0.15) is 19.4 Å². The maximum atomic E-state index is 12.3. The molecule has 5 nitrogen and oxygen atoms in total. The fourth-order valence-corrected chi connectivity index (χ4v) is 3.03. The third kappa shape index (κ3) is 3.94. The number of rotatable bonds is 4. The van der Waals surface area contributed by atoms with Gasteiger partial charge in [-0.1, -0.05) is 17.7 Å². The Morgan fingerprint density at radius 2 is 2.04 bits per heavy atom. The van der Waals surface area contributed by atoms with Gasteiger partial charge in [0.05, 0.1) is 0 Å². The van der Waals surface area contributed by atoms with Gasteiger partial charge in [0.15, 0.2) is 6.10 Å². The smallest absolute Gasteiger partial charge is 0.265 e. The van der Waals surface area contributed by atoms with Gasteiger partial charge in [0.25, 0.3) is 5.91 Å². The molecule has 1 aliphatic rings. The number of carbonyl (C=O) groups excluding carboxylic acids is 2. The number of hydrogen-bond acceptors (Lipinski definition) is 3. The van der Waals surface area contributed by atoms with Crippen molar-refractivity contribution >= 4 is 34.8 Å². The third-order valence-corrected chi connectivity index (χ3v) is 4.34. The topological polar surface area (TPSA) is 58.6 Å². The molecule has 1 unspecified atom stereocenters. The van der Waals surface area contributed by atoms with Crippen LogP contribution >= 0.6 is 11.6 Å². The summed E-state index contributed by atoms with van der Waals surface area (Å²) in [6.07, 6.45) is 0.119. The third-order valence-electron chi connectivity index (χ3n) is 4.10. The molecular weight excluding hydrogens is 340 g/mol. The summed E-state index contributed by atoms with van der Waals surface area (Å²) in [5, 5.41) is 3.40. The number of nitrogens with one attached hydrogen (secondary N) is 1. The Balaban J connectivity index is 1.66. The molecule has 0 bridgehead atoms. The zero-order valence-electron chi connectivity index (χ0n) is 14.1. The minimum absolute atomic E-state index is 0.0269. The number of benzene rings is 2. The van der Waals surface area contributed by atoms with Crippen LogP contribution in [-0.4, -0.2) is 24.5 Å². The second-order valence-corrected chi connectivity index (χ2v) is 6.41. The molecule has 1 N–H and O–H groups in total. The monoisotopic (exact) mass is 358 g/mol. The molecule has 0 aromatic heterocycles. The van der Waals surface area contributed by atoms with Crippen molar-refractivity contribution in [2.45, 2.75) is 26.4 Å². The fourth-order valence-electron chi connectivity index (χ4n) is 2.85. The first-order chi connectivity index (χ1) is 11.9. The standard InChI is InChI=1S/C19H19ClN2O3/c1-12(25-17-5-3-4-15(20)11-17)19(24)21-16-6-7-18-14(10-16)8-9-22(18)13(2)23/h3-7,10-12H,8-9H2,1-2H3,(H,21,24). The number of anilines is 2. The molecule has 2 aromatic carbocycles. The molecule has 0 saturated heterocycles. The summed E-state index contributed by atoms with van der Waals surface area (Å²) in [7, 11) is 0. The molecule has 0 spiro atoms. The van der Waals surface area contributed by atoms with Gasteiger partial charge in [-0.05, 0) is 55.3 Å². The Bertz CT molecular complexity index is 822. The van der Waals surface area contributed by atoms with Gasteiger partial charge in [0, 0.05) is 29.9 Å². The van der Waals surface area contributed by atoms with E-state index in [2.05, 4.69) is 5.32 Å². The lowest BCUT2D eigenvalue weighted by molar-refractivity contribution is -0.122. The van der Waals surface area contributed by atoms with Gasteiger partial charge in [0.1, 0.15) is 5.75 Å². The minimum atomic E-state index is -0.666. The first kappa shape index (κ1) is 17.3. The van der Waals surface area contributed by atoms with Crippen molar-refractivity contribution in [2.75, 3.05) is 16.8 Å². The van der Waals surface area contributed by atoms with E-state index in [4.69, 9.17) is 16.3 Å². The van der Waals surface area contributed by atoms with Gasteiger partial charge < -0.3 is 15.0 Å². The van der Waals surface area contributed by atoms with Crippen molar-refractivity contribution in [3.05, 3.63) is 53.1 Å². The second-order valence-electron chi connectivity index (χ2n) is 5.97. The molecule has 2 aromatic rings. The summed E-state index contributed by atoms with van der Waals surface area (Å²) in [5.74, 6) is 0.321. The fraction of sp³-hybridized carbons (Fsp3) is 0.263. The van der Waals surface area contributed by atoms with Crippen molar-refractivity contribution in [1.29, 1.82) is 0 Å². The van der Waals surface area contributed by atoms with E-state index in [0.29, 0.717) is 23.0 Å². The van der Waals surface area contributed by atoms with Gasteiger partial charge >= 0.3 is 0 Å². The van der Waals surface area contributed by atoms with Crippen molar-refractivity contribution in [3.63, 3.8) is 0 Å². The molecule has 0 radical (unpaired) electrons. The Kier molecular flexibility index (Phi) is 4.95. The van der Waals surface area contributed by atoms with Crippen LogP contribution in [0.3, 0.4) is 0 Å². The molecule has 25 heavy (non-hydrogen) atoms. The minimum Gasteiger partial charge on any atom is -0.481 e. The second kappa shape index (κ2) is 7.15. The van der Waals surface area contributed by atoms with Crippen molar-refractivity contribution in [1.82, 2.24) is 0 Å². The average molecular weight is 359 g/mol. The predicted molar refractivity (Wildman–Crippen MR) is 98.3 cm³/mol. The molecule has 0 aliphatic carbocycles. The van der Waals surface area contributed by atoms with E-state index >= 15 is 0 Å². The van der Waals surface area contributed by atoms with Gasteiger partial charge in [-0.2, -0.15) is 0 Å². The highest BCUT2D eigenvalue weighted by atomic mass is 35.5. The van der Waals surface area contributed by atoms with Crippen LogP contribution in [-0.2, 0) is 16.0 Å². The number of fused-ring (bicyclic) bond motifs is 1. The van der Waals surface area contributed by atoms with Gasteiger partial charge in [0.2, 0.25) is 5.91 Å². The van der Waals surface area contributed by atoms with Gasteiger partial charge in [-0.3, -0.25) is 9.59 Å². The lowest BCUT2D eigenvalue weighted by Gasteiger charge is -2.17. The zero-order chi connectivity index (χ0) is 18.0. The summed E-state index contributed by atoms with van der Waals surface area (Å²) in [6, 6.07) is 12.5. The number of ether oxygens (including phenoxy) is 1. The lowest BCUT2D eigenvalue weighted by atomic mass is 10.1. The number of halogens is 1. The number of hydrogen-bond donors (Lipinski definition) is 1. The van der Waals surface area contributed by atoms with E-state index in [1.54, 1.807) is 49.1 Å². The maximum absolute atomic E-state index is 12.3. The number of amides is 2. The normalized spacial score (nSPS) is 14.0. The molecule has 1 aliphatic heterocycles. The van der Waals surface area contributed by atoms with E-state index in [1.165, 1.54) is 0 Å². The van der Waals surface area contributed by atoms with Crippen LogP contribution in [0.2, 0.25) is 5.02 Å². The summed E-state index contributed by atoms with van der Waals surface area (Å²) in [5.41, 5.74) is 2.65. The lowest BCUT2D eigenvalue weighted by Crippen LogP contribution is -2.30. The predicted octanol–water partition coefficient (Wildman–Crippen LogP) is 3.66. The molecule has 0 fully saturated rings. The highest BCUT2D eigenvalue weighted by molar-refractivity contribution is 6.30. The van der Waals surface area contributed by atoms with Gasteiger partial charge in [-0.25, -0.2) is 0 Å². The highest BCUT2D eigenvalue weighted by Crippen LogP contribution is 2.30. The quantitative estimate of drug-likeness (QED) is 0.907. The molecule has 0 saturated carbocycles. The van der Waals surface area contributed by atoms with E-state index in [1.807, 2.05) is 12.1 Å². The van der Waals surface area contributed by atoms with Crippen molar-refractivity contribution in [3.8, 4) is 5.75 Å². The summed E-state index contributed by atoms with van der Waals surface area (Å²) < 4.78 is 5.62. The molecule has 130 valence electrons. The molecule has 6 heteroatoms. The zero-order valence-corrected chi connectivity index (χ0v) is 14.8. The SMILES string of the molecule is CC(=O)N1CCc2cc(NC(=O)C(C)Oc3cccc(Cl)c3)ccc21. The molecule has 3 rings (SSSR count). The average Bonchev–Trinajstić information content (AvgIpc) is 2.98. The molecule has 1 atom stereocenters. The summed E-state index contributed by atoms with van der Waals surface area (Å²) >= 11 is 5.92. The first-order valence-electron chi connectivity index (χ1n) is 8.08. The molecular formula is C19H19ClN2O3. The summed E-state index contributed by atoms with van der Waals surface area (Å²) in [6.45, 7) is 3.91. The van der Waals surface area contributed by atoms with Crippen LogP contribution in [0, 0.1) is 0 Å².